The fourth-order valence-electron chi connectivity index (χ4n) is 2.67. The van der Waals surface area contributed by atoms with Crippen molar-refractivity contribution in [2.75, 3.05) is 26.8 Å². The molecule has 1 saturated heterocycles. The minimum Gasteiger partial charge on any atom is -0.496 e. The molecule has 2 atom stereocenters. The highest BCUT2D eigenvalue weighted by molar-refractivity contribution is 5.38. The maximum atomic E-state index is 5.98. The van der Waals surface area contributed by atoms with Crippen molar-refractivity contribution in [3.63, 3.8) is 0 Å². The fourth-order valence-corrected chi connectivity index (χ4v) is 2.67. The first-order valence-corrected chi connectivity index (χ1v) is 7.36. The average molecular weight is 278 g/mol. The molecule has 0 aliphatic carbocycles. The summed E-state index contributed by atoms with van der Waals surface area (Å²) >= 11 is 0. The molecule has 1 aliphatic rings. The quantitative estimate of drug-likeness (QED) is 0.918. The molecule has 0 amide bonds. The van der Waals surface area contributed by atoms with Gasteiger partial charge in [-0.3, -0.25) is 4.90 Å². The Morgan fingerprint density at radius 1 is 1.50 bits per heavy atom. The van der Waals surface area contributed by atoms with Crippen molar-refractivity contribution in [1.29, 1.82) is 0 Å². The van der Waals surface area contributed by atoms with Gasteiger partial charge in [-0.1, -0.05) is 6.07 Å². The summed E-state index contributed by atoms with van der Waals surface area (Å²) in [6, 6.07) is 6.28. The summed E-state index contributed by atoms with van der Waals surface area (Å²) in [5.41, 5.74) is 8.34. The van der Waals surface area contributed by atoms with Gasteiger partial charge in [0, 0.05) is 37.8 Å². The molecule has 2 unspecified atom stereocenters. The van der Waals surface area contributed by atoms with Crippen molar-refractivity contribution in [2.24, 2.45) is 5.73 Å². The van der Waals surface area contributed by atoms with E-state index in [1.165, 1.54) is 5.56 Å². The lowest BCUT2D eigenvalue weighted by atomic mass is 10.0. The first-order chi connectivity index (χ1) is 9.60. The predicted molar refractivity (Wildman–Crippen MR) is 80.9 cm³/mol. The second-order valence-electron chi connectivity index (χ2n) is 5.63. The van der Waals surface area contributed by atoms with E-state index in [1.807, 2.05) is 19.1 Å². The van der Waals surface area contributed by atoms with E-state index in [0.717, 1.165) is 44.0 Å². The molecule has 112 valence electrons. The van der Waals surface area contributed by atoms with Crippen LogP contribution in [0.15, 0.2) is 18.2 Å². The van der Waals surface area contributed by atoms with Crippen LogP contribution in [0.5, 0.6) is 5.75 Å². The third-order valence-electron chi connectivity index (χ3n) is 3.76. The number of hydrogen-bond donors (Lipinski definition) is 1. The van der Waals surface area contributed by atoms with Gasteiger partial charge in [0.25, 0.3) is 0 Å². The molecule has 0 saturated carbocycles. The number of ether oxygens (including phenoxy) is 2. The topological polar surface area (TPSA) is 47.7 Å². The highest BCUT2D eigenvalue weighted by Gasteiger charge is 2.17. The summed E-state index contributed by atoms with van der Waals surface area (Å²) in [6.07, 6.45) is 1.37. The summed E-state index contributed by atoms with van der Waals surface area (Å²) in [6.45, 7) is 7.91. The van der Waals surface area contributed by atoms with Crippen LogP contribution in [0.3, 0.4) is 0 Å². The highest BCUT2D eigenvalue weighted by atomic mass is 16.5. The molecule has 1 aromatic rings. The Bertz CT molecular complexity index is 434. The molecule has 2 N–H and O–H groups in total. The zero-order chi connectivity index (χ0) is 14.5. The van der Waals surface area contributed by atoms with Gasteiger partial charge in [0.1, 0.15) is 5.75 Å². The smallest absolute Gasteiger partial charge is 0.123 e. The monoisotopic (exact) mass is 278 g/mol. The predicted octanol–water partition coefficient (Wildman–Crippen LogP) is 2.33. The van der Waals surface area contributed by atoms with E-state index in [0.29, 0.717) is 6.10 Å². The summed E-state index contributed by atoms with van der Waals surface area (Å²) in [7, 11) is 1.72. The molecule has 4 nitrogen and oxygen atoms in total. The van der Waals surface area contributed by atoms with Crippen molar-refractivity contribution >= 4 is 0 Å². The van der Waals surface area contributed by atoms with Crippen LogP contribution >= 0.6 is 0 Å². The van der Waals surface area contributed by atoms with Crippen LogP contribution in [0.25, 0.3) is 0 Å². The highest BCUT2D eigenvalue weighted by Crippen LogP contribution is 2.24. The summed E-state index contributed by atoms with van der Waals surface area (Å²) in [5.74, 6) is 0.937. The molecule has 0 bridgehead atoms. The van der Waals surface area contributed by atoms with E-state index in [-0.39, 0.29) is 6.04 Å². The number of benzene rings is 1. The van der Waals surface area contributed by atoms with Crippen LogP contribution in [0, 0.1) is 0 Å². The summed E-state index contributed by atoms with van der Waals surface area (Å²) in [4.78, 5) is 2.43. The molecular weight excluding hydrogens is 252 g/mol. The molecule has 4 heteroatoms. The van der Waals surface area contributed by atoms with Crippen LogP contribution in [0.4, 0.5) is 0 Å². The maximum absolute atomic E-state index is 5.98. The first-order valence-electron chi connectivity index (χ1n) is 7.36. The van der Waals surface area contributed by atoms with Gasteiger partial charge in [-0.25, -0.2) is 0 Å². The molecule has 2 rings (SSSR count). The minimum atomic E-state index is 0.0473. The summed E-state index contributed by atoms with van der Waals surface area (Å²) < 4.78 is 11.2. The van der Waals surface area contributed by atoms with Gasteiger partial charge in [0.15, 0.2) is 0 Å². The van der Waals surface area contributed by atoms with E-state index >= 15 is 0 Å². The average Bonchev–Trinajstić information content (AvgIpc) is 2.63. The Morgan fingerprint density at radius 2 is 2.30 bits per heavy atom. The largest absolute Gasteiger partial charge is 0.496 e. The third-order valence-corrected chi connectivity index (χ3v) is 3.76. The zero-order valence-electron chi connectivity index (χ0n) is 12.8. The van der Waals surface area contributed by atoms with Crippen molar-refractivity contribution in [1.82, 2.24) is 4.90 Å². The van der Waals surface area contributed by atoms with Crippen LogP contribution < -0.4 is 10.5 Å². The molecule has 20 heavy (non-hydrogen) atoms. The van der Waals surface area contributed by atoms with E-state index in [1.54, 1.807) is 7.11 Å². The second-order valence-corrected chi connectivity index (χ2v) is 5.63. The van der Waals surface area contributed by atoms with E-state index in [4.69, 9.17) is 15.2 Å². The van der Waals surface area contributed by atoms with Crippen molar-refractivity contribution in [3.8, 4) is 5.75 Å². The van der Waals surface area contributed by atoms with Crippen molar-refractivity contribution in [3.05, 3.63) is 29.3 Å². The summed E-state index contributed by atoms with van der Waals surface area (Å²) in [5, 5.41) is 0. The van der Waals surface area contributed by atoms with Gasteiger partial charge in [0.05, 0.1) is 13.2 Å². The molecule has 1 fully saturated rings. The van der Waals surface area contributed by atoms with Gasteiger partial charge < -0.3 is 15.2 Å². The lowest BCUT2D eigenvalue weighted by Crippen LogP contribution is -2.30. The van der Waals surface area contributed by atoms with E-state index in [2.05, 4.69) is 17.9 Å². The Hall–Kier alpha value is -1.10. The molecule has 1 heterocycles. The molecule has 0 spiro atoms. The van der Waals surface area contributed by atoms with Crippen LogP contribution in [-0.4, -0.2) is 37.8 Å². The SMILES string of the molecule is COc1ccc(C(C)N)cc1CN1CCCOC(C)C1. The minimum absolute atomic E-state index is 0.0473. The van der Waals surface area contributed by atoms with Gasteiger partial charge in [-0.15, -0.1) is 0 Å². The number of hydrogen-bond acceptors (Lipinski definition) is 4. The molecule has 1 aromatic carbocycles. The Balaban J connectivity index is 2.15. The van der Waals surface area contributed by atoms with Crippen molar-refractivity contribution < 1.29 is 9.47 Å². The Kier molecular flexibility index (Phi) is 5.40. The molecule has 0 aromatic heterocycles. The fraction of sp³-hybridized carbons (Fsp3) is 0.625. The maximum Gasteiger partial charge on any atom is 0.123 e. The normalized spacial score (nSPS) is 22.3. The molecule has 1 aliphatic heterocycles. The molecule has 0 radical (unpaired) electrons. The van der Waals surface area contributed by atoms with Gasteiger partial charge in [0.2, 0.25) is 0 Å². The lowest BCUT2D eigenvalue weighted by molar-refractivity contribution is 0.0667. The second kappa shape index (κ2) is 7.07. The zero-order valence-corrected chi connectivity index (χ0v) is 12.8. The lowest BCUT2D eigenvalue weighted by Gasteiger charge is -2.23. The third kappa shape index (κ3) is 3.95. The van der Waals surface area contributed by atoms with Gasteiger partial charge >= 0.3 is 0 Å². The van der Waals surface area contributed by atoms with Crippen LogP contribution in [0.2, 0.25) is 0 Å². The Labute approximate surface area is 121 Å². The number of rotatable bonds is 4. The standard InChI is InChI=1S/C16H26N2O2/c1-12-10-18(7-4-8-20-12)11-15-9-14(13(2)17)5-6-16(15)19-3/h5-6,9,12-13H,4,7-8,10-11,17H2,1-3H3. The van der Waals surface area contributed by atoms with Crippen molar-refractivity contribution in [2.45, 2.75) is 39.0 Å². The van der Waals surface area contributed by atoms with E-state index < -0.39 is 0 Å². The van der Waals surface area contributed by atoms with Gasteiger partial charge in [-0.2, -0.15) is 0 Å². The Morgan fingerprint density at radius 3 is 3.00 bits per heavy atom. The van der Waals surface area contributed by atoms with Crippen LogP contribution in [-0.2, 0) is 11.3 Å². The number of methoxy groups -OCH3 is 1. The van der Waals surface area contributed by atoms with Gasteiger partial charge in [-0.05, 0) is 38.0 Å². The molecular formula is C16H26N2O2. The van der Waals surface area contributed by atoms with Crippen LogP contribution in [0.1, 0.15) is 37.4 Å². The number of nitrogens with zero attached hydrogens (tertiary/aromatic N) is 1. The number of nitrogens with two attached hydrogens (primary N) is 1. The first kappa shape index (κ1) is 15.3. The van der Waals surface area contributed by atoms with E-state index in [9.17, 15) is 0 Å².